The second-order valence-corrected chi connectivity index (χ2v) is 6.25. The van der Waals surface area contributed by atoms with E-state index in [1.807, 2.05) is 11.8 Å². The van der Waals surface area contributed by atoms with E-state index >= 15 is 0 Å². The van der Waals surface area contributed by atoms with Crippen LogP contribution in [-0.2, 0) is 9.59 Å². The molecule has 2 aliphatic rings. The zero-order valence-corrected chi connectivity index (χ0v) is 12.7. The molecule has 9 nitrogen and oxygen atoms in total. The van der Waals surface area contributed by atoms with Gasteiger partial charge in [-0.05, 0) is 12.8 Å². The van der Waals surface area contributed by atoms with Gasteiger partial charge in [0.2, 0.25) is 5.84 Å². The smallest absolute Gasteiger partial charge is 0.370 e. The summed E-state index contributed by atoms with van der Waals surface area (Å²) in [7, 11) is 0. The summed E-state index contributed by atoms with van der Waals surface area (Å²) in [6.45, 7) is 0. The lowest BCUT2D eigenvalue weighted by molar-refractivity contribution is -0.137. The number of amides is 2. The van der Waals surface area contributed by atoms with Gasteiger partial charge >= 0.3 is 18.0 Å². The Kier molecular flexibility index (Phi) is 6.96. The zero-order valence-electron chi connectivity index (χ0n) is 11.9. The van der Waals surface area contributed by atoms with E-state index in [0.29, 0.717) is 5.25 Å². The molecule has 0 unspecified atom stereocenters. The molecule has 0 bridgehead atoms. The highest BCUT2D eigenvalue weighted by Gasteiger charge is 2.42. The summed E-state index contributed by atoms with van der Waals surface area (Å²) in [4.78, 5) is 30.8. The predicted molar refractivity (Wildman–Crippen MR) is 81.1 cm³/mol. The molecule has 3 atom stereocenters. The van der Waals surface area contributed by atoms with Crippen molar-refractivity contribution in [2.75, 3.05) is 5.75 Å². The number of carbonyl (C=O) groups is 3. The van der Waals surface area contributed by atoms with Gasteiger partial charge in [-0.2, -0.15) is 11.8 Å². The number of hydrogen-bond acceptors (Lipinski definition) is 5. The van der Waals surface area contributed by atoms with Gasteiger partial charge in [0, 0.05) is 17.4 Å². The topological polar surface area (TPSA) is 166 Å². The lowest BCUT2D eigenvalue weighted by atomic mass is 10.0. The Morgan fingerprint density at radius 3 is 2.50 bits per heavy atom. The molecule has 2 amide bonds. The van der Waals surface area contributed by atoms with Crippen molar-refractivity contribution in [1.82, 2.24) is 10.6 Å². The SMILES string of the molecule is N=C(N)C(=O)O.O=C(O)CCCC[C@@H]1SC[C@@H]2NC(=O)N[C@@H]21. The largest absolute Gasteiger partial charge is 0.481 e. The van der Waals surface area contributed by atoms with Gasteiger partial charge in [-0.3, -0.25) is 10.2 Å². The van der Waals surface area contributed by atoms with Crippen LogP contribution in [0.5, 0.6) is 0 Å². The van der Waals surface area contributed by atoms with Crippen LogP contribution >= 0.6 is 11.8 Å². The molecule has 0 aromatic rings. The molecule has 0 aromatic heterocycles. The van der Waals surface area contributed by atoms with E-state index in [1.54, 1.807) is 0 Å². The monoisotopic (exact) mass is 332 g/mol. The normalized spacial score (nSPS) is 25.3. The molecule has 2 aliphatic heterocycles. The first kappa shape index (κ1) is 18.1. The van der Waals surface area contributed by atoms with Crippen molar-refractivity contribution < 1.29 is 24.6 Å². The van der Waals surface area contributed by atoms with Crippen molar-refractivity contribution in [2.45, 2.75) is 43.0 Å². The van der Waals surface area contributed by atoms with Crippen molar-refractivity contribution in [3.05, 3.63) is 0 Å². The Morgan fingerprint density at radius 2 is 1.95 bits per heavy atom. The summed E-state index contributed by atoms with van der Waals surface area (Å²) in [5.41, 5.74) is 4.42. The average molecular weight is 332 g/mol. The number of urea groups is 1. The molecule has 0 aromatic carbocycles. The summed E-state index contributed by atoms with van der Waals surface area (Å²) in [6.07, 6.45) is 2.88. The molecular weight excluding hydrogens is 312 g/mol. The Hall–Kier alpha value is -1.97. The van der Waals surface area contributed by atoms with Gasteiger partial charge in [0.05, 0.1) is 12.1 Å². The van der Waals surface area contributed by atoms with E-state index in [9.17, 15) is 14.4 Å². The average Bonchev–Trinajstić information content (AvgIpc) is 2.95. The van der Waals surface area contributed by atoms with E-state index in [4.69, 9.17) is 15.6 Å². The highest BCUT2D eigenvalue weighted by atomic mass is 32.2. The molecule has 22 heavy (non-hydrogen) atoms. The fraction of sp³-hybridized carbons (Fsp3) is 0.667. The minimum absolute atomic E-state index is 0.0640. The molecule has 0 saturated carbocycles. The number of amidine groups is 1. The van der Waals surface area contributed by atoms with Crippen molar-refractivity contribution in [3.8, 4) is 0 Å². The number of unbranched alkanes of at least 4 members (excludes halogenated alkanes) is 1. The third-order valence-corrected chi connectivity index (χ3v) is 4.81. The zero-order chi connectivity index (χ0) is 16.7. The molecule has 2 saturated heterocycles. The third-order valence-electron chi connectivity index (χ3n) is 3.30. The summed E-state index contributed by atoms with van der Waals surface area (Å²) >= 11 is 1.87. The maximum absolute atomic E-state index is 11.1. The Balaban J connectivity index is 0.000000346. The van der Waals surface area contributed by atoms with Crippen molar-refractivity contribution in [3.63, 3.8) is 0 Å². The van der Waals surface area contributed by atoms with Crippen molar-refractivity contribution >= 4 is 35.6 Å². The lowest BCUT2D eigenvalue weighted by Crippen LogP contribution is -2.36. The first-order valence-electron chi connectivity index (χ1n) is 6.79. The Labute approximate surface area is 131 Å². The number of carboxylic acids is 2. The van der Waals surface area contributed by atoms with Crippen LogP contribution in [0.2, 0.25) is 0 Å². The summed E-state index contributed by atoms with van der Waals surface area (Å²) in [5.74, 6) is -1.97. The molecule has 0 aliphatic carbocycles. The maximum Gasteiger partial charge on any atom is 0.370 e. The second kappa shape index (κ2) is 8.47. The van der Waals surface area contributed by atoms with Crippen LogP contribution in [0.4, 0.5) is 4.79 Å². The summed E-state index contributed by atoms with van der Waals surface area (Å²) in [5, 5.41) is 28.5. The second-order valence-electron chi connectivity index (χ2n) is 4.98. The number of hydrogen-bond donors (Lipinski definition) is 6. The molecule has 0 spiro atoms. The molecular formula is C12H20N4O5S. The number of carboxylic acid groups (broad SMARTS) is 2. The number of carbonyl (C=O) groups excluding carboxylic acids is 1. The fourth-order valence-corrected chi connectivity index (χ4v) is 3.81. The number of fused-ring (bicyclic) bond motifs is 1. The van der Waals surface area contributed by atoms with Gasteiger partial charge in [-0.25, -0.2) is 9.59 Å². The highest BCUT2D eigenvalue weighted by Crippen LogP contribution is 2.33. The van der Waals surface area contributed by atoms with Crippen LogP contribution in [0.3, 0.4) is 0 Å². The number of rotatable bonds is 5. The van der Waals surface area contributed by atoms with Crippen molar-refractivity contribution in [1.29, 1.82) is 5.41 Å². The molecule has 0 radical (unpaired) electrons. The number of nitrogens with two attached hydrogens (primary N) is 1. The minimum Gasteiger partial charge on any atom is -0.481 e. The fourth-order valence-electron chi connectivity index (χ4n) is 2.26. The van der Waals surface area contributed by atoms with Gasteiger partial charge in [0.25, 0.3) is 0 Å². The van der Waals surface area contributed by atoms with E-state index in [2.05, 4.69) is 16.4 Å². The molecule has 124 valence electrons. The first-order valence-corrected chi connectivity index (χ1v) is 7.84. The van der Waals surface area contributed by atoms with Crippen LogP contribution < -0.4 is 16.4 Å². The highest BCUT2D eigenvalue weighted by molar-refractivity contribution is 8.00. The molecule has 2 fully saturated rings. The van der Waals surface area contributed by atoms with Gasteiger partial charge in [0.1, 0.15) is 0 Å². The van der Waals surface area contributed by atoms with Gasteiger partial charge < -0.3 is 26.6 Å². The van der Waals surface area contributed by atoms with Crippen LogP contribution in [-0.4, -0.2) is 57.1 Å². The van der Waals surface area contributed by atoms with Crippen molar-refractivity contribution in [2.24, 2.45) is 5.73 Å². The van der Waals surface area contributed by atoms with E-state index < -0.39 is 17.8 Å². The first-order chi connectivity index (χ1) is 10.3. The Morgan fingerprint density at radius 1 is 1.32 bits per heavy atom. The molecule has 2 rings (SSSR count). The Bertz CT molecular complexity index is 447. The van der Waals surface area contributed by atoms with E-state index in [1.165, 1.54) is 0 Å². The predicted octanol–water partition coefficient (Wildman–Crippen LogP) is -0.196. The summed E-state index contributed by atoms with van der Waals surface area (Å²) in [6, 6.07) is 0.440. The van der Waals surface area contributed by atoms with Crippen LogP contribution in [0, 0.1) is 5.41 Å². The molecule has 2 heterocycles. The van der Waals surface area contributed by atoms with Gasteiger partial charge in [0.15, 0.2) is 0 Å². The quantitative estimate of drug-likeness (QED) is 0.175. The standard InChI is InChI=1S/C10H16N2O3S.C2H4N2O2/c13-8(14)4-2-1-3-7-9-6(5-16-7)11-10(15)12-9;3-1(4)2(5)6/h6-7,9H,1-5H2,(H,13,14)(H2,11,12,15);(H3,3,4)(H,5,6)/t6-,7-,9-;/m0./s1. The third kappa shape index (κ3) is 5.80. The molecule has 7 N–H and O–H groups in total. The van der Waals surface area contributed by atoms with Crippen LogP contribution in [0.15, 0.2) is 0 Å². The van der Waals surface area contributed by atoms with E-state index in [-0.39, 0.29) is 24.5 Å². The number of nitrogens with one attached hydrogen (secondary N) is 3. The summed E-state index contributed by atoms with van der Waals surface area (Å²) < 4.78 is 0. The van der Waals surface area contributed by atoms with Gasteiger partial charge in [-0.15, -0.1) is 0 Å². The molecule has 10 heteroatoms. The van der Waals surface area contributed by atoms with Crippen LogP contribution in [0.25, 0.3) is 0 Å². The van der Waals surface area contributed by atoms with Crippen LogP contribution in [0.1, 0.15) is 25.7 Å². The van der Waals surface area contributed by atoms with E-state index in [0.717, 1.165) is 25.0 Å². The van der Waals surface area contributed by atoms with Gasteiger partial charge in [-0.1, -0.05) is 6.42 Å². The minimum atomic E-state index is -1.38. The maximum atomic E-state index is 11.1. The lowest BCUT2D eigenvalue weighted by Gasteiger charge is -2.16. The number of thioether (sulfide) groups is 1. The number of aliphatic carboxylic acids is 2.